The van der Waals surface area contributed by atoms with Crippen LogP contribution in [0.3, 0.4) is 0 Å². The number of alkyl halides is 3. The van der Waals surface area contributed by atoms with Crippen LogP contribution in [0.4, 0.5) is 18.9 Å². The Labute approximate surface area is 202 Å². The van der Waals surface area contributed by atoms with Gasteiger partial charge in [-0.3, -0.25) is 14.4 Å². The van der Waals surface area contributed by atoms with E-state index >= 15 is 0 Å². The zero-order chi connectivity index (χ0) is 25.9. The van der Waals surface area contributed by atoms with Crippen molar-refractivity contribution in [3.63, 3.8) is 0 Å². The van der Waals surface area contributed by atoms with Crippen molar-refractivity contribution in [2.24, 2.45) is 11.8 Å². The van der Waals surface area contributed by atoms with Crippen molar-refractivity contribution >= 4 is 23.4 Å². The number of methoxy groups -OCH3 is 1. The third-order valence-electron chi connectivity index (χ3n) is 6.30. The van der Waals surface area contributed by atoms with Crippen molar-refractivity contribution in [1.29, 1.82) is 0 Å². The van der Waals surface area contributed by atoms with Crippen LogP contribution in [-0.2, 0) is 14.3 Å². The summed E-state index contributed by atoms with van der Waals surface area (Å²) in [6, 6.07) is 3.84. The van der Waals surface area contributed by atoms with E-state index in [-0.39, 0.29) is 60.0 Å². The highest BCUT2D eigenvalue weighted by molar-refractivity contribution is 5.99. The average Bonchev–Trinajstić information content (AvgIpc) is 3.62. The van der Waals surface area contributed by atoms with Gasteiger partial charge >= 0.3 is 6.18 Å². The molecule has 1 N–H and O–H groups in total. The van der Waals surface area contributed by atoms with Gasteiger partial charge < -0.3 is 24.6 Å². The Balaban J connectivity index is 1.91. The number of likely N-dealkylation sites (N-methyl/N-ethyl adjacent to an activating group) is 1. The molecule has 1 aliphatic carbocycles. The summed E-state index contributed by atoms with van der Waals surface area (Å²) in [6.45, 7) is 4.63. The molecule has 1 aromatic carbocycles. The third kappa shape index (κ3) is 7.09. The van der Waals surface area contributed by atoms with Gasteiger partial charge in [-0.25, -0.2) is 0 Å². The predicted octanol–water partition coefficient (Wildman–Crippen LogP) is 3.32. The molecule has 0 radical (unpaired) electrons. The Morgan fingerprint density at radius 1 is 1.20 bits per heavy atom. The number of hydrogen-bond donors (Lipinski definition) is 1. The van der Waals surface area contributed by atoms with E-state index < -0.39 is 24.4 Å². The number of hydrogen-bond acceptors (Lipinski definition) is 5. The van der Waals surface area contributed by atoms with Gasteiger partial charge in [-0.2, -0.15) is 13.2 Å². The minimum absolute atomic E-state index is 0.0259. The van der Waals surface area contributed by atoms with E-state index in [9.17, 15) is 27.6 Å². The van der Waals surface area contributed by atoms with Crippen molar-refractivity contribution in [1.82, 2.24) is 9.80 Å². The molecule has 1 aromatic rings. The lowest BCUT2D eigenvalue weighted by molar-refractivity contribution is -0.150. The van der Waals surface area contributed by atoms with Gasteiger partial charge in [0.2, 0.25) is 11.8 Å². The van der Waals surface area contributed by atoms with Crippen molar-refractivity contribution in [3.05, 3.63) is 23.8 Å². The second kappa shape index (κ2) is 10.8. The molecular weight excluding hydrogens is 467 g/mol. The molecule has 2 aliphatic rings. The van der Waals surface area contributed by atoms with Crippen LogP contribution < -0.4 is 10.1 Å². The number of amides is 3. The second-order valence-corrected chi connectivity index (χ2v) is 9.41. The molecule has 0 aromatic heterocycles. The SMILES string of the molecule is CO[C@H]1CN(C)C(=O)c2cc(NC(=O)CC(F)(F)F)ccc2OC[C@@H](C)N(C(=O)C2CC2)C[C@@H]1C. The Morgan fingerprint density at radius 2 is 1.89 bits per heavy atom. The van der Waals surface area contributed by atoms with Gasteiger partial charge in [0.1, 0.15) is 18.8 Å². The molecule has 8 nitrogen and oxygen atoms in total. The first-order chi connectivity index (χ1) is 16.4. The van der Waals surface area contributed by atoms with Crippen molar-refractivity contribution < 1.29 is 37.0 Å². The molecule has 1 fully saturated rings. The number of nitrogens with one attached hydrogen (secondary N) is 1. The Hall–Kier alpha value is -2.82. The van der Waals surface area contributed by atoms with Gasteiger partial charge in [-0.15, -0.1) is 0 Å². The number of carbonyl (C=O) groups is 3. The second-order valence-electron chi connectivity index (χ2n) is 9.41. The highest BCUT2D eigenvalue weighted by Crippen LogP contribution is 2.33. The molecule has 1 saturated carbocycles. The number of halogens is 3. The molecule has 1 aliphatic heterocycles. The van der Waals surface area contributed by atoms with Crippen LogP contribution in [0.15, 0.2) is 18.2 Å². The maximum absolute atomic E-state index is 13.3. The van der Waals surface area contributed by atoms with E-state index in [1.54, 1.807) is 14.2 Å². The normalized spacial score (nSPS) is 24.1. The van der Waals surface area contributed by atoms with Crippen molar-refractivity contribution in [2.75, 3.05) is 39.2 Å². The minimum atomic E-state index is -4.65. The van der Waals surface area contributed by atoms with Gasteiger partial charge in [0.05, 0.1) is 17.7 Å². The first kappa shape index (κ1) is 26.8. The number of rotatable bonds is 4. The first-order valence-corrected chi connectivity index (χ1v) is 11.6. The molecule has 0 saturated heterocycles. The highest BCUT2D eigenvalue weighted by Gasteiger charge is 2.37. The summed E-state index contributed by atoms with van der Waals surface area (Å²) in [5.41, 5.74) is 0.137. The highest BCUT2D eigenvalue weighted by atomic mass is 19.4. The number of ether oxygens (including phenoxy) is 2. The van der Waals surface area contributed by atoms with Gasteiger partial charge in [0.15, 0.2) is 0 Å². The van der Waals surface area contributed by atoms with E-state index in [0.717, 1.165) is 12.8 Å². The number of anilines is 1. The van der Waals surface area contributed by atoms with Crippen LogP contribution in [0.2, 0.25) is 0 Å². The average molecular weight is 500 g/mol. The van der Waals surface area contributed by atoms with Crippen molar-refractivity contribution in [3.8, 4) is 5.75 Å². The molecule has 0 bridgehead atoms. The smallest absolute Gasteiger partial charge is 0.397 e. The maximum Gasteiger partial charge on any atom is 0.397 e. The summed E-state index contributed by atoms with van der Waals surface area (Å²) >= 11 is 0. The third-order valence-corrected chi connectivity index (χ3v) is 6.30. The topological polar surface area (TPSA) is 88.2 Å². The van der Waals surface area contributed by atoms with Gasteiger partial charge in [0.25, 0.3) is 5.91 Å². The zero-order valence-electron chi connectivity index (χ0n) is 20.4. The molecule has 1 heterocycles. The molecule has 194 valence electrons. The molecule has 11 heteroatoms. The predicted molar refractivity (Wildman–Crippen MR) is 122 cm³/mol. The monoisotopic (exact) mass is 499 g/mol. The van der Waals surface area contributed by atoms with Crippen LogP contribution >= 0.6 is 0 Å². The molecule has 3 amide bonds. The van der Waals surface area contributed by atoms with Crippen LogP contribution in [0.1, 0.15) is 43.5 Å². The van der Waals surface area contributed by atoms with Crippen molar-refractivity contribution in [2.45, 2.75) is 51.4 Å². The largest absolute Gasteiger partial charge is 0.491 e. The van der Waals surface area contributed by atoms with Crippen LogP contribution in [-0.4, -0.2) is 79.7 Å². The van der Waals surface area contributed by atoms with E-state index in [2.05, 4.69) is 5.32 Å². The standard InChI is InChI=1S/C24H32F3N3O5/c1-14-11-30(22(32)16-5-6-16)15(2)13-35-19-8-7-17(28-21(31)10-24(25,26)27)9-18(19)23(33)29(3)12-20(14)34-4/h7-9,14-16,20H,5-6,10-13H2,1-4H3,(H,28,31)/t14-,15+,20-/m0/s1. The first-order valence-electron chi connectivity index (χ1n) is 11.6. The van der Waals surface area contributed by atoms with E-state index in [1.165, 1.54) is 23.1 Å². The number of carbonyl (C=O) groups excluding carboxylic acids is 3. The van der Waals surface area contributed by atoms with Gasteiger partial charge in [-0.1, -0.05) is 6.92 Å². The molecule has 0 spiro atoms. The van der Waals surface area contributed by atoms with E-state index in [4.69, 9.17) is 9.47 Å². The number of fused-ring (bicyclic) bond motifs is 1. The van der Waals surface area contributed by atoms with Crippen LogP contribution in [0.5, 0.6) is 5.75 Å². The molecule has 0 unspecified atom stereocenters. The van der Waals surface area contributed by atoms with Gasteiger partial charge in [0, 0.05) is 44.8 Å². The fraction of sp³-hybridized carbons (Fsp3) is 0.625. The lowest BCUT2D eigenvalue weighted by atomic mass is 10.0. The molecular formula is C24H32F3N3O5. The summed E-state index contributed by atoms with van der Waals surface area (Å²) in [5, 5.41) is 2.18. The van der Waals surface area contributed by atoms with E-state index in [1.807, 2.05) is 18.7 Å². The Bertz CT molecular complexity index is 951. The van der Waals surface area contributed by atoms with Gasteiger partial charge in [-0.05, 0) is 38.0 Å². The fourth-order valence-electron chi connectivity index (χ4n) is 4.11. The lowest BCUT2D eigenvalue weighted by Crippen LogP contribution is -2.49. The fourth-order valence-corrected chi connectivity index (χ4v) is 4.11. The summed E-state index contributed by atoms with van der Waals surface area (Å²) in [4.78, 5) is 41.3. The zero-order valence-corrected chi connectivity index (χ0v) is 20.4. The van der Waals surface area contributed by atoms with Crippen LogP contribution in [0, 0.1) is 11.8 Å². The quantitative estimate of drug-likeness (QED) is 0.687. The number of benzene rings is 1. The maximum atomic E-state index is 13.3. The summed E-state index contributed by atoms with van der Waals surface area (Å²) in [5.74, 6) is -1.43. The summed E-state index contributed by atoms with van der Waals surface area (Å²) < 4.78 is 49.2. The summed E-state index contributed by atoms with van der Waals surface area (Å²) in [7, 11) is 3.13. The minimum Gasteiger partial charge on any atom is -0.491 e. The lowest BCUT2D eigenvalue weighted by Gasteiger charge is -2.36. The summed E-state index contributed by atoms with van der Waals surface area (Å²) in [6.07, 6.45) is -4.90. The molecule has 3 rings (SSSR count). The van der Waals surface area contributed by atoms with E-state index in [0.29, 0.717) is 6.54 Å². The molecule has 35 heavy (non-hydrogen) atoms. The number of nitrogens with zero attached hydrogens (tertiary/aromatic N) is 2. The molecule has 3 atom stereocenters. The Morgan fingerprint density at radius 3 is 2.49 bits per heavy atom. The van der Waals surface area contributed by atoms with Crippen LogP contribution in [0.25, 0.3) is 0 Å². The Kier molecular flexibility index (Phi) is 8.30.